The van der Waals surface area contributed by atoms with Crippen molar-refractivity contribution >= 4 is 22.5 Å². The lowest BCUT2D eigenvalue weighted by Gasteiger charge is -2.30. The summed E-state index contributed by atoms with van der Waals surface area (Å²) in [6.45, 7) is 12.6. The maximum absolute atomic E-state index is 13.1. The number of rotatable bonds is 9. The highest BCUT2D eigenvalue weighted by Gasteiger charge is 2.35. The number of amides is 1. The molecule has 27 heavy (non-hydrogen) atoms. The summed E-state index contributed by atoms with van der Waals surface area (Å²) in [7, 11) is 0. The molecule has 0 aliphatic heterocycles. The van der Waals surface area contributed by atoms with Crippen LogP contribution in [0.3, 0.4) is 0 Å². The Morgan fingerprint density at radius 1 is 1.22 bits per heavy atom. The monoisotopic (exact) mass is 372 g/mol. The van der Waals surface area contributed by atoms with Crippen molar-refractivity contribution in [1.82, 2.24) is 4.98 Å². The van der Waals surface area contributed by atoms with Crippen LogP contribution in [-0.4, -0.2) is 29.2 Å². The van der Waals surface area contributed by atoms with Gasteiger partial charge in [0, 0.05) is 18.2 Å². The van der Waals surface area contributed by atoms with Gasteiger partial charge in [-0.3, -0.25) is 9.78 Å². The summed E-state index contributed by atoms with van der Waals surface area (Å²) in [5, 5.41) is 3.91. The molecule has 0 saturated heterocycles. The van der Waals surface area contributed by atoms with Crippen LogP contribution in [0.4, 0.5) is 5.69 Å². The Labute approximate surface area is 162 Å². The second-order valence-corrected chi connectivity index (χ2v) is 7.81. The Bertz CT molecular complexity index is 773. The van der Waals surface area contributed by atoms with Gasteiger partial charge in [0.1, 0.15) is 16.9 Å². The van der Waals surface area contributed by atoms with Crippen molar-refractivity contribution in [2.75, 3.05) is 11.9 Å². The van der Waals surface area contributed by atoms with Gasteiger partial charge >= 0.3 is 0 Å². The number of anilines is 1. The van der Waals surface area contributed by atoms with Gasteiger partial charge in [-0.25, -0.2) is 0 Å². The van der Waals surface area contributed by atoms with E-state index in [1.165, 1.54) is 0 Å². The molecule has 1 atom stereocenters. The van der Waals surface area contributed by atoms with E-state index in [-0.39, 0.29) is 12.0 Å². The summed E-state index contributed by atoms with van der Waals surface area (Å²) >= 11 is 0. The first-order valence-electron chi connectivity index (χ1n) is 9.76. The fraction of sp³-hybridized carbons (Fsp3) is 0.545. The van der Waals surface area contributed by atoms with E-state index in [1.54, 1.807) is 6.20 Å². The molecule has 148 valence electrons. The quantitative estimate of drug-likeness (QED) is 0.658. The first kappa shape index (κ1) is 21.2. The lowest BCUT2D eigenvalue weighted by atomic mass is 9.92. The van der Waals surface area contributed by atoms with E-state index in [1.807, 2.05) is 52.0 Å². The molecule has 0 saturated carbocycles. The van der Waals surface area contributed by atoms with Crippen LogP contribution in [0.5, 0.6) is 5.75 Å². The van der Waals surface area contributed by atoms with Crippen molar-refractivity contribution in [1.29, 1.82) is 0 Å². The minimum Gasteiger partial charge on any atom is -0.489 e. The first-order chi connectivity index (χ1) is 12.8. The van der Waals surface area contributed by atoms with Crippen LogP contribution >= 0.6 is 0 Å². The van der Waals surface area contributed by atoms with Crippen LogP contribution in [-0.2, 0) is 9.53 Å². The SMILES string of the molecule is CCCO[C@](C)(CC(C)C)C(=O)Nc1ccc(OC(C)C)c2ncccc12. The van der Waals surface area contributed by atoms with Gasteiger partial charge in [-0.05, 0) is 63.8 Å². The van der Waals surface area contributed by atoms with Crippen molar-refractivity contribution in [3.63, 3.8) is 0 Å². The van der Waals surface area contributed by atoms with Gasteiger partial charge in [0.05, 0.1) is 11.8 Å². The minimum atomic E-state index is -0.869. The molecular formula is C22H32N2O3. The van der Waals surface area contributed by atoms with E-state index < -0.39 is 5.60 Å². The van der Waals surface area contributed by atoms with Gasteiger partial charge in [-0.2, -0.15) is 0 Å². The van der Waals surface area contributed by atoms with Gasteiger partial charge in [0.2, 0.25) is 0 Å². The molecule has 1 aromatic heterocycles. The van der Waals surface area contributed by atoms with E-state index >= 15 is 0 Å². The molecule has 1 N–H and O–H groups in total. The third-order valence-electron chi connectivity index (χ3n) is 4.25. The molecule has 2 aromatic rings. The smallest absolute Gasteiger partial charge is 0.256 e. The minimum absolute atomic E-state index is 0.0485. The third kappa shape index (κ3) is 5.42. The summed E-state index contributed by atoms with van der Waals surface area (Å²) in [5.41, 5.74) is 0.588. The van der Waals surface area contributed by atoms with Crippen molar-refractivity contribution in [2.45, 2.75) is 66.1 Å². The third-order valence-corrected chi connectivity index (χ3v) is 4.25. The highest BCUT2D eigenvalue weighted by molar-refractivity contribution is 6.05. The number of aromatic nitrogens is 1. The van der Waals surface area contributed by atoms with Crippen LogP contribution in [0, 0.1) is 5.92 Å². The number of hydrogen-bond donors (Lipinski definition) is 1. The maximum atomic E-state index is 13.1. The molecule has 0 bridgehead atoms. The molecule has 5 heteroatoms. The summed E-state index contributed by atoms with van der Waals surface area (Å²) in [6.07, 6.45) is 3.31. The number of pyridine rings is 1. The van der Waals surface area contributed by atoms with Crippen LogP contribution in [0.15, 0.2) is 30.5 Å². The highest BCUT2D eigenvalue weighted by atomic mass is 16.5. The Morgan fingerprint density at radius 2 is 1.96 bits per heavy atom. The number of benzene rings is 1. The highest BCUT2D eigenvalue weighted by Crippen LogP contribution is 2.32. The van der Waals surface area contributed by atoms with E-state index in [4.69, 9.17) is 9.47 Å². The summed E-state index contributed by atoms with van der Waals surface area (Å²) in [6, 6.07) is 7.53. The molecule has 0 aliphatic rings. The number of fused-ring (bicyclic) bond motifs is 1. The lowest BCUT2D eigenvalue weighted by Crippen LogP contribution is -2.44. The van der Waals surface area contributed by atoms with Crippen LogP contribution in [0.1, 0.15) is 54.4 Å². The van der Waals surface area contributed by atoms with Crippen LogP contribution in [0.25, 0.3) is 10.9 Å². The number of carbonyl (C=O) groups is 1. The summed E-state index contributed by atoms with van der Waals surface area (Å²) in [5.74, 6) is 0.927. The van der Waals surface area contributed by atoms with E-state index in [2.05, 4.69) is 24.1 Å². The largest absolute Gasteiger partial charge is 0.489 e. The van der Waals surface area contributed by atoms with Crippen molar-refractivity contribution in [3.05, 3.63) is 30.5 Å². The van der Waals surface area contributed by atoms with E-state index in [9.17, 15) is 4.79 Å². The molecule has 5 nitrogen and oxygen atoms in total. The molecule has 0 unspecified atom stereocenters. The lowest BCUT2D eigenvalue weighted by molar-refractivity contribution is -0.141. The Morgan fingerprint density at radius 3 is 2.59 bits per heavy atom. The molecule has 0 aliphatic carbocycles. The average molecular weight is 373 g/mol. The van der Waals surface area contributed by atoms with Gasteiger partial charge in [0.25, 0.3) is 5.91 Å². The average Bonchev–Trinajstić information content (AvgIpc) is 2.61. The number of ether oxygens (including phenoxy) is 2. The molecular weight excluding hydrogens is 340 g/mol. The Balaban J connectivity index is 2.35. The predicted octanol–water partition coefficient (Wildman–Crippen LogP) is 5.19. The zero-order valence-corrected chi connectivity index (χ0v) is 17.3. The summed E-state index contributed by atoms with van der Waals surface area (Å²) < 4.78 is 11.8. The fourth-order valence-electron chi connectivity index (χ4n) is 3.18. The molecule has 1 aromatic carbocycles. The second-order valence-electron chi connectivity index (χ2n) is 7.81. The number of nitrogens with zero attached hydrogens (tertiary/aromatic N) is 1. The zero-order chi connectivity index (χ0) is 20.0. The molecule has 0 fully saturated rings. The number of hydrogen-bond acceptors (Lipinski definition) is 4. The zero-order valence-electron chi connectivity index (χ0n) is 17.3. The van der Waals surface area contributed by atoms with E-state index in [0.29, 0.717) is 30.4 Å². The number of carbonyl (C=O) groups excluding carboxylic acids is 1. The second kappa shape index (κ2) is 9.18. The van der Waals surface area contributed by atoms with Crippen molar-refractivity contribution in [3.8, 4) is 5.75 Å². The number of nitrogens with one attached hydrogen (secondary N) is 1. The fourth-order valence-corrected chi connectivity index (χ4v) is 3.18. The topological polar surface area (TPSA) is 60.5 Å². The van der Waals surface area contributed by atoms with Gasteiger partial charge in [-0.1, -0.05) is 20.8 Å². The first-order valence-corrected chi connectivity index (χ1v) is 9.76. The summed E-state index contributed by atoms with van der Waals surface area (Å²) in [4.78, 5) is 17.5. The Hall–Kier alpha value is -2.14. The Kier molecular flexibility index (Phi) is 7.19. The van der Waals surface area contributed by atoms with Gasteiger partial charge < -0.3 is 14.8 Å². The normalized spacial score (nSPS) is 13.8. The van der Waals surface area contributed by atoms with Crippen molar-refractivity contribution < 1.29 is 14.3 Å². The van der Waals surface area contributed by atoms with Crippen LogP contribution < -0.4 is 10.1 Å². The van der Waals surface area contributed by atoms with Crippen molar-refractivity contribution in [2.24, 2.45) is 5.92 Å². The van der Waals surface area contributed by atoms with E-state index in [0.717, 1.165) is 17.3 Å². The molecule has 2 rings (SSSR count). The van der Waals surface area contributed by atoms with Gasteiger partial charge in [-0.15, -0.1) is 0 Å². The van der Waals surface area contributed by atoms with Crippen LogP contribution in [0.2, 0.25) is 0 Å². The van der Waals surface area contributed by atoms with Gasteiger partial charge in [0.15, 0.2) is 0 Å². The molecule has 0 spiro atoms. The predicted molar refractivity (Wildman–Crippen MR) is 110 cm³/mol. The molecule has 1 amide bonds. The standard InChI is InChI=1S/C22H32N2O3/c1-7-13-26-22(6,14-15(2)3)21(25)24-18-10-11-19(27-16(4)5)20-17(18)9-8-12-23-20/h8-12,15-16H,7,13-14H2,1-6H3,(H,24,25)/t22-/m1/s1. The molecule has 0 radical (unpaired) electrons. The maximum Gasteiger partial charge on any atom is 0.256 e. The molecule has 1 heterocycles.